The van der Waals surface area contributed by atoms with Gasteiger partial charge in [-0.1, -0.05) is 0 Å². The van der Waals surface area contributed by atoms with E-state index in [9.17, 15) is 4.53 Å². The van der Waals surface area contributed by atoms with E-state index in [1.807, 2.05) is 0 Å². The second-order valence-corrected chi connectivity index (χ2v) is 1.64. The lowest BCUT2D eigenvalue weighted by Gasteiger charge is -2.22. The molecule has 1 rings (SSSR count). The summed E-state index contributed by atoms with van der Waals surface area (Å²) in [5, 5.41) is 8.60. The van der Waals surface area contributed by atoms with E-state index in [-0.39, 0.29) is 13.2 Å². The molecule has 54 valence electrons. The SMILES string of the molecule is OC1COC(OF)CO1. The maximum absolute atomic E-state index is 11.2. The molecule has 0 radical (unpaired) electrons. The molecule has 1 aliphatic rings. The Balaban J connectivity index is 2.18. The predicted molar refractivity (Wildman–Crippen MR) is 23.9 cm³/mol. The number of aliphatic hydroxyl groups excluding tert-OH is 1. The minimum Gasteiger partial charge on any atom is -0.366 e. The Labute approximate surface area is 51.0 Å². The Kier molecular flexibility index (Phi) is 2.35. The molecule has 4 nitrogen and oxygen atoms in total. The van der Waals surface area contributed by atoms with Gasteiger partial charge in [-0.3, -0.25) is 0 Å². The van der Waals surface area contributed by atoms with Gasteiger partial charge in [0.25, 0.3) is 0 Å². The predicted octanol–water partition coefficient (Wildman–Crippen LogP) is -0.421. The largest absolute Gasteiger partial charge is 0.366 e. The zero-order valence-corrected chi connectivity index (χ0v) is 4.62. The third-order valence-electron chi connectivity index (χ3n) is 0.949. The number of halogens is 1. The van der Waals surface area contributed by atoms with E-state index >= 15 is 0 Å². The van der Waals surface area contributed by atoms with Crippen LogP contribution in [0.3, 0.4) is 0 Å². The summed E-state index contributed by atoms with van der Waals surface area (Å²) in [4.78, 5) is 3.28. The van der Waals surface area contributed by atoms with Crippen LogP contribution in [-0.2, 0) is 14.4 Å². The van der Waals surface area contributed by atoms with Crippen molar-refractivity contribution in [2.24, 2.45) is 0 Å². The maximum atomic E-state index is 11.2. The Morgan fingerprint density at radius 2 is 2.22 bits per heavy atom. The fraction of sp³-hybridized carbons (Fsp3) is 1.00. The molecule has 0 aromatic carbocycles. The summed E-state index contributed by atoms with van der Waals surface area (Å²) in [5.41, 5.74) is 0. The number of ether oxygens (including phenoxy) is 2. The highest BCUT2D eigenvalue weighted by Crippen LogP contribution is 2.05. The van der Waals surface area contributed by atoms with Crippen molar-refractivity contribution in [3.8, 4) is 0 Å². The van der Waals surface area contributed by atoms with Gasteiger partial charge in [-0.05, 0) is 4.53 Å². The van der Waals surface area contributed by atoms with Crippen LogP contribution in [0.5, 0.6) is 0 Å². The van der Waals surface area contributed by atoms with Crippen molar-refractivity contribution in [3.63, 3.8) is 0 Å². The molecule has 0 spiro atoms. The van der Waals surface area contributed by atoms with E-state index in [0.717, 1.165) is 0 Å². The van der Waals surface area contributed by atoms with Gasteiger partial charge in [-0.2, -0.15) is 4.94 Å². The lowest BCUT2D eigenvalue weighted by Crippen LogP contribution is -2.35. The first-order chi connectivity index (χ1) is 4.33. The second-order valence-electron chi connectivity index (χ2n) is 1.64. The van der Waals surface area contributed by atoms with E-state index in [2.05, 4.69) is 14.4 Å². The molecule has 1 saturated heterocycles. The van der Waals surface area contributed by atoms with Crippen LogP contribution in [0.2, 0.25) is 0 Å². The molecule has 0 aromatic rings. The summed E-state index contributed by atoms with van der Waals surface area (Å²) in [7, 11) is 0. The molecule has 0 aromatic heterocycles. The topological polar surface area (TPSA) is 47.9 Å². The van der Waals surface area contributed by atoms with E-state index in [1.54, 1.807) is 0 Å². The standard InChI is InChI=1S/C4H7FO4/c5-9-4-2-7-3(6)1-8-4/h3-4,6H,1-2H2. The average molecular weight is 138 g/mol. The zero-order chi connectivity index (χ0) is 6.69. The van der Waals surface area contributed by atoms with Crippen molar-refractivity contribution >= 4 is 0 Å². The van der Waals surface area contributed by atoms with Crippen LogP contribution in [0.4, 0.5) is 4.53 Å². The monoisotopic (exact) mass is 138 g/mol. The van der Waals surface area contributed by atoms with Gasteiger partial charge in [-0.15, -0.1) is 0 Å². The summed E-state index contributed by atoms with van der Waals surface area (Å²) < 4.78 is 20.3. The molecule has 0 saturated carbocycles. The Bertz CT molecular complexity index is 80.6. The molecular formula is C4H7FO4. The van der Waals surface area contributed by atoms with Gasteiger partial charge in [0, 0.05) is 0 Å². The first kappa shape index (κ1) is 6.88. The molecule has 0 amide bonds. The van der Waals surface area contributed by atoms with Crippen LogP contribution in [0.1, 0.15) is 0 Å². The first-order valence-corrected chi connectivity index (χ1v) is 2.51. The van der Waals surface area contributed by atoms with E-state index in [0.29, 0.717) is 0 Å². The molecule has 1 fully saturated rings. The number of rotatable bonds is 1. The molecule has 1 N–H and O–H groups in total. The van der Waals surface area contributed by atoms with Crippen LogP contribution in [-0.4, -0.2) is 30.9 Å². The van der Waals surface area contributed by atoms with Crippen LogP contribution in [0, 0.1) is 0 Å². The van der Waals surface area contributed by atoms with E-state index in [4.69, 9.17) is 5.11 Å². The quantitative estimate of drug-likeness (QED) is 0.534. The van der Waals surface area contributed by atoms with Crippen molar-refractivity contribution in [1.82, 2.24) is 0 Å². The Morgan fingerprint density at radius 1 is 1.44 bits per heavy atom. The lowest BCUT2D eigenvalue weighted by atomic mass is 10.5. The van der Waals surface area contributed by atoms with Crippen molar-refractivity contribution in [2.45, 2.75) is 12.6 Å². The summed E-state index contributed by atoms with van der Waals surface area (Å²) in [5.74, 6) is 0. The third kappa shape index (κ3) is 1.87. The molecule has 2 unspecified atom stereocenters. The average Bonchev–Trinajstić information content (AvgIpc) is 1.90. The summed E-state index contributed by atoms with van der Waals surface area (Å²) in [6.45, 7) is -0.119. The molecule has 9 heavy (non-hydrogen) atoms. The van der Waals surface area contributed by atoms with Gasteiger partial charge in [-0.25, -0.2) is 0 Å². The van der Waals surface area contributed by atoms with Crippen LogP contribution in [0.15, 0.2) is 0 Å². The van der Waals surface area contributed by atoms with Crippen LogP contribution >= 0.6 is 0 Å². The smallest absolute Gasteiger partial charge is 0.220 e. The summed E-state index contributed by atoms with van der Waals surface area (Å²) >= 11 is 0. The van der Waals surface area contributed by atoms with Crippen molar-refractivity contribution < 1.29 is 24.0 Å². The third-order valence-corrected chi connectivity index (χ3v) is 0.949. The van der Waals surface area contributed by atoms with Gasteiger partial charge in [0.15, 0.2) is 6.29 Å². The Hall–Kier alpha value is -0.230. The maximum Gasteiger partial charge on any atom is 0.220 e. The van der Waals surface area contributed by atoms with Crippen molar-refractivity contribution in [1.29, 1.82) is 0 Å². The van der Waals surface area contributed by atoms with Gasteiger partial charge < -0.3 is 14.6 Å². The molecule has 0 bridgehead atoms. The zero-order valence-electron chi connectivity index (χ0n) is 4.62. The number of hydrogen-bond donors (Lipinski definition) is 1. The summed E-state index contributed by atoms with van der Waals surface area (Å²) in [6.07, 6.45) is -1.93. The van der Waals surface area contributed by atoms with E-state index < -0.39 is 12.6 Å². The normalized spacial score (nSPS) is 36.7. The second kappa shape index (κ2) is 3.07. The number of aliphatic hydroxyl groups is 1. The van der Waals surface area contributed by atoms with Crippen molar-refractivity contribution in [3.05, 3.63) is 0 Å². The molecule has 0 aliphatic carbocycles. The van der Waals surface area contributed by atoms with E-state index in [1.165, 1.54) is 0 Å². The fourth-order valence-electron chi connectivity index (χ4n) is 0.527. The highest BCUT2D eigenvalue weighted by Gasteiger charge is 2.20. The minimum absolute atomic E-state index is 0.0470. The minimum atomic E-state index is -0.978. The highest BCUT2D eigenvalue weighted by molar-refractivity contribution is 4.49. The molecule has 1 heterocycles. The van der Waals surface area contributed by atoms with Crippen LogP contribution < -0.4 is 0 Å². The van der Waals surface area contributed by atoms with Gasteiger partial charge in [0.1, 0.15) is 13.2 Å². The number of hydrogen-bond acceptors (Lipinski definition) is 4. The molecular weight excluding hydrogens is 131 g/mol. The molecule has 5 heteroatoms. The van der Waals surface area contributed by atoms with Gasteiger partial charge in [0.05, 0.1) is 0 Å². The molecule has 1 aliphatic heterocycles. The highest BCUT2D eigenvalue weighted by atomic mass is 19.3. The first-order valence-electron chi connectivity index (χ1n) is 2.51. The lowest BCUT2D eigenvalue weighted by molar-refractivity contribution is -0.340. The van der Waals surface area contributed by atoms with Crippen LogP contribution in [0.25, 0.3) is 0 Å². The fourth-order valence-corrected chi connectivity index (χ4v) is 0.527. The van der Waals surface area contributed by atoms with Crippen molar-refractivity contribution in [2.75, 3.05) is 13.2 Å². The van der Waals surface area contributed by atoms with Gasteiger partial charge in [0.2, 0.25) is 6.29 Å². The Morgan fingerprint density at radius 3 is 2.67 bits per heavy atom. The summed E-state index contributed by atoms with van der Waals surface area (Å²) in [6, 6.07) is 0. The van der Waals surface area contributed by atoms with Gasteiger partial charge >= 0.3 is 0 Å². The molecule has 2 atom stereocenters.